The predicted octanol–water partition coefficient (Wildman–Crippen LogP) is 2.14. The van der Waals surface area contributed by atoms with Crippen LogP contribution in [-0.2, 0) is 39.9 Å². The molecule has 5 rings (SSSR count). The number of benzene rings is 1. The number of nitrogens with one attached hydrogen (secondary N) is 1. The summed E-state index contributed by atoms with van der Waals surface area (Å²) in [5.74, 6) is -2.53. The maximum absolute atomic E-state index is 12.0. The first-order valence-electron chi connectivity index (χ1n) is 14.8. The van der Waals surface area contributed by atoms with Crippen LogP contribution >= 0.6 is 0 Å². The van der Waals surface area contributed by atoms with Crippen molar-refractivity contribution >= 4 is 0 Å². The van der Waals surface area contributed by atoms with Gasteiger partial charge in [-0.15, -0.1) is 0 Å². The molecule has 0 amide bonds. The maximum atomic E-state index is 12.0. The minimum atomic E-state index is -2.13. The van der Waals surface area contributed by atoms with Crippen molar-refractivity contribution in [3.63, 3.8) is 0 Å². The lowest BCUT2D eigenvalue weighted by Gasteiger charge is -2.60. The van der Waals surface area contributed by atoms with E-state index >= 15 is 0 Å². The summed E-state index contributed by atoms with van der Waals surface area (Å²) in [5, 5.41) is 49.0. The highest BCUT2D eigenvalue weighted by Gasteiger charge is 2.68. The highest BCUT2D eigenvalue weighted by atomic mass is 16.8. The second-order valence-electron chi connectivity index (χ2n) is 12.0. The molecule has 0 spiro atoms. The zero-order valence-electron chi connectivity index (χ0n) is 23.4. The van der Waals surface area contributed by atoms with E-state index in [9.17, 15) is 20.4 Å². The molecule has 8 nitrogen and oxygen atoms in total. The van der Waals surface area contributed by atoms with Crippen LogP contribution in [0.15, 0.2) is 12.1 Å². The molecule has 3 unspecified atom stereocenters. The zero-order chi connectivity index (χ0) is 27.2. The molecular weight excluding hydrogens is 486 g/mol. The van der Waals surface area contributed by atoms with Gasteiger partial charge in [0.1, 0.15) is 17.8 Å². The smallest absolute Gasteiger partial charge is 0.248 e. The molecule has 2 aliphatic carbocycles. The fourth-order valence-electron chi connectivity index (χ4n) is 7.69. The lowest BCUT2D eigenvalue weighted by Crippen LogP contribution is -2.78. The van der Waals surface area contributed by atoms with Crippen LogP contribution in [0.2, 0.25) is 0 Å². The molecule has 0 radical (unpaired) electrons. The molecule has 2 heterocycles. The van der Waals surface area contributed by atoms with Gasteiger partial charge in [0, 0.05) is 12.3 Å². The van der Waals surface area contributed by atoms with E-state index in [1.165, 1.54) is 35.1 Å². The standard InChI is InChI=1S/C30H47NO7/c1-5-18-13-14-19(22-12-8-7-11-21(18)22)10-9-15-29(34)16-17(3)36-28-30(29,35)38-26-23(31-4)24(32)20(6-2)25(33)27(26)37-28/h13-14,17,20,23-28,31-35H,5-12,15-16H2,1-4H3/t17-,20-,23+,24+,25+,26?,27?,28?,29+,30-/m1/s1. The third-order valence-electron chi connectivity index (χ3n) is 9.77. The first-order chi connectivity index (χ1) is 18.2. The summed E-state index contributed by atoms with van der Waals surface area (Å²) in [6.07, 6.45) is 3.16. The number of aliphatic hydroxyl groups excluding tert-OH is 2. The van der Waals surface area contributed by atoms with Gasteiger partial charge in [0.2, 0.25) is 12.1 Å². The lowest BCUT2D eigenvalue weighted by atomic mass is 9.73. The van der Waals surface area contributed by atoms with Crippen LogP contribution in [0.1, 0.15) is 81.5 Å². The summed E-state index contributed by atoms with van der Waals surface area (Å²) in [6.45, 7) is 5.98. The molecule has 2 saturated heterocycles. The van der Waals surface area contributed by atoms with Crippen molar-refractivity contribution in [3.8, 4) is 0 Å². The molecule has 8 heteroatoms. The molecular formula is C30H47NO7. The van der Waals surface area contributed by atoms with E-state index in [0.717, 1.165) is 25.7 Å². The first-order valence-corrected chi connectivity index (χ1v) is 14.8. The van der Waals surface area contributed by atoms with Gasteiger partial charge >= 0.3 is 0 Å². The average molecular weight is 534 g/mol. The van der Waals surface area contributed by atoms with Crippen LogP contribution in [-0.4, -0.2) is 81.7 Å². The van der Waals surface area contributed by atoms with E-state index in [0.29, 0.717) is 19.3 Å². The normalized spacial score (nSPS) is 42.7. The van der Waals surface area contributed by atoms with Gasteiger partial charge in [-0.2, -0.15) is 0 Å². The molecule has 214 valence electrons. The molecule has 5 N–H and O–H groups in total. The van der Waals surface area contributed by atoms with Gasteiger partial charge < -0.3 is 40.0 Å². The number of ether oxygens (including phenoxy) is 3. The average Bonchev–Trinajstić information content (AvgIpc) is 2.89. The second kappa shape index (κ2) is 11.1. The molecule has 4 aliphatic rings. The van der Waals surface area contributed by atoms with E-state index in [-0.39, 0.29) is 12.5 Å². The van der Waals surface area contributed by atoms with E-state index in [2.05, 4.69) is 24.4 Å². The number of hydrogen-bond donors (Lipinski definition) is 5. The van der Waals surface area contributed by atoms with Gasteiger partial charge in [-0.05, 0) is 94.0 Å². The number of likely N-dealkylation sites (N-methyl/N-ethyl adjacent to an activating group) is 1. The van der Waals surface area contributed by atoms with Crippen LogP contribution in [0.25, 0.3) is 0 Å². The summed E-state index contributed by atoms with van der Waals surface area (Å²) >= 11 is 0. The fourth-order valence-corrected chi connectivity index (χ4v) is 7.69. The SMILES string of the molecule is CCc1ccc(CCC[C@]2(O)C[C@@H](C)OC3OC4C(O[C@]32O)[C@@H](NC)[C@@H](O)[C@@H](CC)[C@@H]4O)c2c1CCCC2. The van der Waals surface area contributed by atoms with Gasteiger partial charge in [0.25, 0.3) is 0 Å². The largest absolute Gasteiger partial charge is 0.391 e. The number of fused-ring (bicyclic) bond motifs is 3. The lowest BCUT2D eigenvalue weighted by molar-refractivity contribution is -0.485. The number of aliphatic hydroxyl groups is 4. The van der Waals surface area contributed by atoms with Crippen molar-refractivity contribution in [1.29, 1.82) is 0 Å². The monoisotopic (exact) mass is 533 g/mol. The molecule has 0 aromatic heterocycles. The van der Waals surface area contributed by atoms with Crippen molar-refractivity contribution in [2.24, 2.45) is 5.92 Å². The minimum absolute atomic E-state index is 0.195. The molecule has 3 fully saturated rings. The van der Waals surface area contributed by atoms with Crippen LogP contribution in [0.5, 0.6) is 0 Å². The molecule has 0 bridgehead atoms. The van der Waals surface area contributed by atoms with Crippen LogP contribution in [0.4, 0.5) is 0 Å². The van der Waals surface area contributed by atoms with E-state index in [4.69, 9.17) is 14.2 Å². The summed E-state index contributed by atoms with van der Waals surface area (Å²) in [7, 11) is 1.71. The summed E-state index contributed by atoms with van der Waals surface area (Å²) in [4.78, 5) is 0. The van der Waals surface area contributed by atoms with E-state index in [1.54, 1.807) is 7.05 Å². The Kier molecular flexibility index (Phi) is 8.27. The van der Waals surface area contributed by atoms with Crippen LogP contribution in [0, 0.1) is 5.92 Å². The number of rotatable bonds is 7. The molecule has 1 aromatic rings. The molecule has 1 saturated carbocycles. The maximum Gasteiger partial charge on any atom is 0.248 e. The number of hydrogen-bond acceptors (Lipinski definition) is 8. The quantitative estimate of drug-likeness (QED) is 0.362. The molecule has 1 aromatic carbocycles. The summed E-state index contributed by atoms with van der Waals surface area (Å²) in [5.41, 5.74) is 4.17. The van der Waals surface area contributed by atoms with Crippen LogP contribution < -0.4 is 5.32 Å². The fraction of sp³-hybridized carbons (Fsp3) is 0.800. The van der Waals surface area contributed by atoms with Gasteiger partial charge in [0.15, 0.2) is 0 Å². The third kappa shape index (κ3) is 4.65. The third-order valence-corrected chi connectivity index (χ3v) is 9.77. The van der Waals surface area contributed by atoms with Crippen molar-refractivity contribution in [2.45, 2.75) is 139 Å². The Bertz CT molecular complexity index is 990. The zero-order valence-corrected chi connectivity index (χ0v) is 23.4. The number of aryl methyl sites for hydroxylation is 2. The van der Waals surface area contributed by atoms with Gasteiger partial charge in [-0.3, -0.25) is 0 Å². The molecule has 10 atom stereocenters. The highest BCUT2D eigenvalue weighted by molar-refractivity contribution is 5.43. The topological polar surface area (TPSA) is 121 Å². The summed E-state index contributed by atoms with van der Waals surface area (Å²) in [6, 6.07) is 3.92. The minimum Gasteiger partial charge on any atom is -0.391 e. The van der Waals surface area contributed by atoms with E-state index < -0.39 is 54.1 Å². The van der Waals surface area contributed by atoms with Gasteiger partial charge in [-0.25, -0.2) is 0 Å². The van der Waals surface area contributed by atoms with Crippen molar-refractivity contribution in [2.75, 3.05) is 7.05 Å². The Labute approximate surface area is 226 Å². The van der Waals surface area contributed by atoms with E-state index in [1.807, 2.05) is 13.8 Å². The Balaban J connectivity index is 1.37. The van der Waals surface area contributed by atoms with Crippen LogP contribution in [0.3, 0.4) is 0 Å². The van der Waals surface area contributed by atoms with Crippen molar-refractivity contribution in [1.82, 2.24) is 5.32 Å². The Morgan fingerprint density at radius 3 is 2.32 bits per heavy atom. The first kappa shape index (κ1) is 28.4. The molecule has 38 heavy (non-hydrogen) atoms. The van der Waals surface area contributed by atoms with Crippen molar-refractivity contribution < 1.29 is 34.6 Å². The molecule has 2 aliphatic heterocycles. The summed E-state index contributed by atoms with van der Waals surface area (Å²) < 4.78 is 18.4. The van der Waals surface area contributed by atoms with Crippen molar-refractivity contribution in [3.05, 3.63) is 34.4 Å². The van der Waals surface area contributed by atoms with Gasteiger partial charge in [-0.1, -0.05) is 26.0 Å². The Morgan fingerprint density at radius 2 is 1.66 bits per heavy atom. The predicted molar refractivity (Wildman–Crippen MR) is 143 cm³/mol. The van der Waals surface area contributed by atoms with Gasteiger partial charge in [0.05, 0.1) is 24.4 Å². The Morgan fingerprint density at radius 1 is 0.974 bits per heavy atom. The highest BCUT2D eigenvalue weighted by Crippen LogP contribution is 2.49. The second-order valence-corrected chi connectivity index (χ2v) is 12.0. The Hall–Kier alpha value is -1.10.